The van der Waals surface area contributed by atoms with Gasteiger partial charge in [0.15, 0.2) is 10.3 Å². The van der Waals surface area contributed by atoms with Crippen LogP contribution in [0.1, 0.15) is 122 Å². The van der Waals surface area contributed by atoms with Gasteiger partial charge in [0.1, 0.15) is 11.3 Å². The molecule has 0 bridgehead atoms. The van der Waals surface area contributed by atoms with E-state index in [9.17, 15) is 63.7 Å². The molecule has 0 spiro atoms. The van der Waals surface area contributed by atoms with E-state index in [2.05, 4.69) is 37.9 Å². The van der Waals surface area contributed by atoms with E-state index in [1.807, 2.05) is 137 Å². The Labute approximate surface area is 641 Å². The van der Waals surface area contributed by atoms with E-state index in [4.69, 9.17) is 0 Å². The van der Waals surface area contributed by atoms with Crippen LogP contribution in [0.4, 0.5) is 37.0 Å². The lowest BCUT2D eigenvalue weighted by Gasteiger charge is -2.10. The zero-order valence-electron chi connectivity index (χ0n) is 58.1. The summed E-state index contributed by atoms with van der Waals surface area (Å²) in [5.74, 6) is -3.25. The number of nitrogens with zero attached hydrogens (tertiary/aromatic N) is 12. The highest BCUT2D eigenvalue weighted by Crippen LogP contribution is 2.43. The first-order valence-corrected chi connectivity index (χ1v) is 37.7. The highest BCUT2D eigenvalue weighted by Gasteiger charge is 2.45. The zero-order valence-corrected chi connectivity index (χ0v) is 62.2. The van der Waals surface area contributed by atoms with Gasteiger partial charge in [0.05, 0.1) is 113 Å². The van der Waals surface area contributed by atoms with Crippen molar-refractivity contribution >= 4 is 192 Å². The van der Waals surface area contributed by atoms with Crippen LogP contribution in [-0.2, 0) is 13.1 Å². The number of rotatable bonds is 7. The van der Waals surface area contributed by atoms with Gasteiger partial charge in [0.25, 0.3) is 58.6 Å². The summed E-state index contributed by atoms with van der Waals surface area (Å²) in [5, 5.41) is 34.5. The third kappa shape index (κ3) is 12.7. The maximum atomic E-state index is 12.6. The normalized spacial score (nSPS) is 13.8. The van der Waals surface area contributed by atoms with Gasteiger partial charge < -0.3 is 5.11 Å². The average Bonchev–Trinajstić information content (AvgIpc) is 1.61. The van der Waals surface area contributed by atoms with Crippen LogP contribution in [0.15, 0.2) is 194 Å². The van der Waals surface area contributed by atoms with Crippen LogP contribution in [0.25, 0.3) is 51.1 Å². The molecule has 0 fully saturated rings. The minimum absolute atomic E-state index is 0.0182. The molecular weight excluding hydrogens is 1500 g/mol. The maximum Gasteiger partial charge on any atom is 0.283 e. The molecule has 20 rings (SSSR count). The minimum Gasteiger partial charge on any atom is -0.507 e. The second-order valence-corrected chi connectivity index (χ2v) is 30.9. The number of nitro groups is 2. The van der Waals surface area contributed by atoms with E-state index >= 15 is 0 Å². The van der Waals surface area contributed by atoms with Crippen molar-refractivity contribution in [2.75, 3.05) is 24.5 Å². The number of anilines is 5. The Morgan fingerprint density at radius 3 is 1.06 bits per heavy atom. The molecule has 0 radical (unpaired) electrons. The number of hydrogen-bond donors (Lipinski definition) is 1. The van der Waals surface area contributed by atoms with Gasteiger partial charge in [0.2, 0.25) is 15.4 Å². The Morgan fingerprint density at radius 1 is 0.327 bits per heavy atom. The summed E-state index contributed by atoms with van der Waals surface area (Å²) in [6, 6.07) is 57.1. The summed E-state index contributed by atoms with van der Waals surface area (Å²) in [6.07, 6.45) is 0. The van der Waals surface area contributed by atoms with Crippen LogP contribution < -0.4 is 24.5 Å². The highest BCUT2D eigenvalue weighted by molar-refractivity contribution is 7.24. The summed E-state index contributed by atoms with van der Waals surface area (Å²) in [7, 11) is 0. The first-order valence-electron chi connectivity index (χ1n) is 33.6. The lowest BCUT2D eigenvalue weighted by atomic mass is 10.1. The molecule has 0 unspecified atom stereocenters. The van der Waals surface area contributed by atoms with Crippen molar-refractivity contribution in [1.29, 1.82) is 0 Å². The zero-order chi connectivity index (χ0) is 76.8. The molecule has 110 heavy (non-hydrogen) atoms. The standard InChI is InChI=1S/C16H9N3O4S.C16H11N3O3S.C16H10N2O3S.C16H10N2O2S.C16H12N2OS/c1-8-5-6-10-12(7-8)24-16(17-10)18-14(20)9-3-2-4-11(19(22)23)13(9)15(18)21;1-9-5-6-12-14(7-9)23-16(17-12)18-8-11-10(15(18)20)3-2-4-13(11)19(21)22;1-8-5-6-10-12(7-8)22-16(17-10)18-14(20)9-3-2-4-11(19)13(9)15(18)21;1-9-6-7-12-13(8-9)21-16(17-12)18-14(19)10-4-2-3-5-11(10)15(18)20;1-10-6-7-13-14(8-10)20-16(17-13)18-9-11-4-2-3-5-12(11)15(18)19/h2-7H,1H3;2-7H,8H2,1H3;2-7,19H,1H3;2-8H,1H3;2-8H,9H2,1H3. The lowest BCUT2D eigenvalue weighted by molar-refractivity contribution is -0.385. The van der Waals surface area contributed by atoms with E-state index < -0.39 is 33.5 Å². The van der Waals surface area contributed by atoms with Crippen LogP contribution in [-0.4, -0.2) is 87.1 Å². The number of imide groups is 3. The van der Waals surface area contributed by atoms with Crippen molar-refractivity contribution in [2.45, 2.75) is 47.7 Å². The van der Waals surface area contributed by atoms with Gasteiger partial charge in [-0.1, -0.05) is 136 Å². The number of aromatic hydroxyl groups is 1. The Morgan fingerprint density at radius 2 is 0.645 bits per heavy atom. The van der Waals surface area contributed by atoms with Crippen molar-refractivity contribution in [3.63, 3.8) is 0 Å². The predicted molar refractivity (Wildman–Crippen MR) is 423 cm³/mol. The third-order valence-electron chi connectivity index (χ3n) is 18.4. The summed E-state index contributed by atoms with van der Waals surface area (Å²) in [6.45, 7) is 10.8. The number of amides is 8. The van der Waals surface area contributed by atoms with Crippen LogP contribution >= 0.6 is 56.7 Å². The molecule has 5 aromatic heterocycles. The molecule has 0 saturated heterocycles. The average molecular weight is 1550 g/mol. The maximum absolute atomic E-state index is 12.6. The van der Waals surface area contributed by atoms with Gasteiger partial charge in [-0.25, -0.2) is 39.6 Å². The Kier molecular flexibility index (Phi) is 18.1. The van der Waals surface area contributed by atoms with E-state index in [-0.39, 0.29) is 74.7 Å². The van der Waals surface area contributed by atoms with E-state index in [0.717, 1.165) is 93.9 Å². The van der Waals surface area contributed by atoms with Gasteiger partial charge in [-0.2, -0.15) is 0 Å². The van der Waals surface area contributed by atoms with Crippen LogP contribution in [0.2, 0.25) is 0 Å². The quantitative estimate of drug-likeness (QED) is 0.0880. The molecule has 5 aliphatic heterocycles. The number of carbonyl (C=O) groups is 8. The van der Waals surface area contributed by atoms with Crippen molar-refractivity contribution in [2.24, 2.45) is 0 Å². The second-order valence-electron chi connectivity index (χ2n) is 25.9. The van der Waals surface area contributed by atoms with Crippen molar-refractivity contribution in [1.82, 2.24) is 24.9 Å². The predicted octanol–water partition coefficient (Wildman–Crippen LogP) is 17.3. The number of carbonyl (C=O) groups excluding carboxylic acids is 8. The van der Waals surface area contributed by atoms with Crippen molar-refractivity contribution < 1.29 is 53.3 Å². The monoisotopic (exact) mass is 1550 g/mol. The molecule has 10 aromatic carbocycles. The fourth-order valence-corrected chi connectivity index (χ4v) is 18.4. The van der Waals surface area contributed by atoms with Gasteiger partial charge in [-0.15, -0.1) is 0 Å². The Hall–Kier alpha value is -13.4. The summed E-state index contributed by atoms with van der Waals surface area (Å²) in [5.41, 5.74) is 12.9. The topological polar surface area (TPSA) is 324 Å². The summed E-state index contributed by atoms with van der Waals surface area (Å²) in [4.78, 5) is 150. The molecular formula is C80H52N12O13S5. The van der Waals surface area contributed by atoms with Gasteiger partial charge >= 0.3 is 0 Å². The fourth-order valence-electron chi connectivity index (χ4n) is 13.1. The molecule has 10 heterocycles. The van der Waals surface area contributed by atoms with Gasteiger partial charge in [-0.05, 0) is 171 Å². The first kappa shape index (κ1) is 70.9. The van der Waals surface area contributed by atoms with E-state index in [1.165, 1.54) is 97.1 Å². The van der Waals surface area contributed by atoms with E-state index in [0.29, 0.717) is 49.7 Å². The molecule has 0 atom stereocenters. The number of benzene rings is 10. The van der Waals surface area contributed by atoms with E-state index in [1.54, 1.807) is 58.7 Å². The van der Waals surface area contributed by atoms with Gasteiger partial charge in [-0.3, -0.25) is 68.4 Å². The number of aromatic nitrogens is 5. The second kappa shape index (κ2) is 28.1. The number of thiazole rings is 5. The summed E-state index contributed by atoms with van der Waals surface area (Å²) < 4.78 is 4.86. The fraction of sp³-hybridized carbons (Fsp3) is 0.0875. The third-order valence-corrected chi connectivity index (χ3v) is 23.5. The summed E-state index contributed by atoms with van der Waals surface area (Å²) >= 11 is 6.85. The van der Waals surface area contributed by atoms with Crippen molar-refractivity contribution in [3.05, 3.63) is 298 Å². The number of nitro benzene ring substituents is 2. The molecule has 30 heteroatoms. The number of fused-ring (bicyclic) bond motifs is 10. The Balaban J connectivity index is 0.000000105. The molecule has 15 aromatic rings. The molecule has 0 saturated carbocycles. The smallest absolute Gasteiger partial charge is 0.283 e. The number of aryl methyl sites for hydroxylation is 5. The van der Waals surface area contributed by atoms with Crippen LogP contribution in [0.3, 0.4) is 0 Å². The lowest BCUT2D eigenvalue weighted by Crippen LogP contribution is -2.29. The number of hydrogen-bond acceptors (Lipinski definition) is 23. The number of phenols is 1. The van der Waals surface area contributed by atoms with Crippen LogP contribution in [0.5, 0.6) is 5.75 Å². The first-order chi connectivity index (χ1) is 52.9. The molecule has 540 valence electrons. The van der Waals surface area contributed by atoms with Crippen LogP contribution in [0, 0.1) is 54.8 Å². The molecule has 5 aliphatic rings. The molecule has 0 aliphatic carbocycles. The minimum atomic E-state index is -0.710. The molecule has 25 nitrogen and oxygen atoms in total. The van der Waals surface area contributed by atoms with Gasteiger partial charge in [0, 0.05) is 17.7 Å². The number of phenolic OH excluding ortho intramolecular Hbond substituents is 1. The molecule has 8 amide bonds. The molecule has 1 N–H and O–H groups in total. The van der Waals surface area contributed by atoms with Crippen molar-refractivity contribution in [3.8, 4) is 5.75 Å². The Bertz CT molecular complexity index is 6520. The largest absolute Gasteiger partial charge is 0.507 e. The highest BCUT2D eigenvalue weighted by atomic mass is 32.1. The SMILES string of the molecule is Cc1ccc2nc(N3C(=O)c4cccc(O)c4C3=O)sc2c1.Cc1ccc2nc(N3C(=O)c4cccc([N+](=O)[O-])c4C3=O)sc2c1.Cc1ccc2nc(N3C(=O)c4ccccc4C3=O)sc2c1.Cc1ccc2nc(N3Cc4c(cccc4[N+](=O)[O-])C3=O)sc2c1.Cc1ccc2nc(N3Cc4ccccc4C3=O)sc2c1.